The molecule has 1 aromatic heterocycles. The summed E-state index contributed by atoms with van der Waals surface area (Å²) in [4.78, 5) is 12.2. The molecule has 0 unspecified atom stereocenters. The molecule has 0 aliphatic heterocycles. The Morgan fingerprint density at radius 1 is 1.04 bits per heavy atom. The normalized spacial score (nSPS) is 11.9. The summed E-state index contributed by atoms with van der Waals surface area (Å²) >= 11 is 12.0. The predicted octanol–water partition coefficient (Wildman–Crippen LogP) is 4.58. The molecule has 6 heteroatoms. The van der Waals surface area contributed by atoms with Gasteiger partial charge in [-0.25, -0.2) is 0 Å². The highest BCUT2D eigenvalue weighted by atomic mass is 35.5. The average molecular weight is 389 g/mol. The minimum absolute atomic E-state index is 0.136. The van der Waals surface area contributed by atoms with Crippen molar-refractivity contribution in [2.75, 3.05) is 6.54 Å². The maximum Gasteiger partial charge on any atom is 0.234 e. The fourth-order valence-corrected chi connectivity index (χ4v) is 3.08. The van der Waals surface area contributed by atoms with E-state index in [-0.39, 0.29) is 18.5 Å². The minimum Gasteiger partial charge on any atom is -0.467 e. The lowest BCUT2D eigenvalue weighted by Gasteiger charge is -2.17. The number of benzene rings is 2. The number of halogens is 2. The molecule has 26 heavy (non-hydrogen) atoms. The molecule has 1 atom stereocenters. The van der Waals surface area contributed by atoms with Gasteiger partial charge >= 0.3 is 0 Å². The van der Waals surface area contributed by atoms with Crippen LogP contribution in [0.25, 0.3) is 0 Å². The van der Waals surface area contributed by atoms with Crippen molar-refractivity contribution >= 4 is 29.1 Å². The third-order valence-electron chi connectivity index (χ3n) is 3.92. The molecular weight excluding hydrogens is 371 g/mol. The summed E-state index contributed by atoms with van der Waals surface area (Å²) in [7, 11) is 0. The van der Waals surface area contributed by atoms with E-state index in [1.165, 1.54) is 0 Å². The van der Waals surface area contributed by atoms with Crippen LogP contribution < -0.4 is 10.6 Å². The number of carbonyl (C=O) groups excluding carboxylic acids is 1. The van der Waals surface area contributed by atoms with Crippen molar-refractivity contribution < 1.29 is 9.21 Å². The van der Waals surface area contributed by atoms with Crippen LogP contribution in [0.5, 0.6) is 0 Å². The number of nitrogens with one attached hydrogen (secondary N) is 2. The molecule has 3 aromatic rings. The first-order valence-corrected chi connectivity index (χ1v) is 8.91. The number of rotatable bonds is 7. The highest BCUT2D eigenvalue weighted by Crippen LogP contribution is 2.22. The van der Waals surface area contributed by atoms with Crippen LogP contribution >= 0.6 is 23.2 Å². The Hall–Kier alpha value is -2.27. The van der Waals surface area contributed by atoms with Gasteiger partial charge in [0.25, 0.3) is 0 Å². The molecule has 0 bridgehead atoms. The first kappa shape index (κ1) is 18.5. The molecule has 1 amide bonds. The summed E-state index contributed by atoms with van der Waals surface area (Å²) in [6.07, 6.45) is 1.62. The number of amides is 1. The first-order chi connectivity index (χ1) is 12.6. The smallest absolute Gasteiger partial charge is 0.234 e. The predicted molar refractivity (Wildman–Crippen MR) is 103 cm³/mol. The fraction of sp³-hybridized carbons (Fsp3) is 0.150. The Morgan fingerprint density at radius 2 is 1.85 bits per heavy atom. The minimum atomic E-state index is -0.198. The van der Waals surface area contributed by atoms with Gasteiger partial charge < -0.3 is 9.73 Å². The van der Waals surface area contributed by atoms with E-state index in [1.807, 2.05) is 42.5 Å². The molecule has 3 rings (SSSR count). The molecule has 2 aromatic carbocycles. The number of furan rings is 1. The van der Waals surface area contributed by atoms with Gasteiger partial charge in [-0.2, -0.15) is 0 Å². The van der Waals surface area contributed by atoms with Crippen molar-refractivity contribution in [3.8, 4) is 0 Å². The first-order valence-electron chi connectivity index (χ1n) is 8.16. The third-order valence-corrected chi connectivity index (χ3v) is 4.51. The lowest BCUT2D eigenvalue weighted by Crippen LogP contribution is -2.35. The van der Waals surface area contributed by atoms with Gasteiger partial charge in [-0.05, 0) is 35.4 Å². The number of hydrogen-bond donors (Lipinski definition) is 2. The highest BCUT2D eigenvalue weighted by Gasteiger charge is 2.17. The van der Waals surface area contributed by atoms with Crippen molar-refractivity contribution in [1.82, 2.24) is 10.6 Å². The highest BCUT2D eigenvalue weighted by molar-refractivity contribution is 6.35. The molecule has 134 valence electrons. The Bertz CT molecular complexity index is 852. The molecule has 0 aliphatic carbocycles. The monoisotopic (exact) mass is 388 g/mol. The largest absolute Gasteiger partial charge is 0.467 e. The van der Waals surface area contributed by atoms with Gasteiger partial charge in [0.2, 0.25) is 5.91 Å². The zero-order chi connectivity index (χ0) is 18.4. The van der Waals surface area contributed by atoms with Crippen LogP contribution in [0.2, 0.25) is 10.0 Å². The molecule has 0 saturated carbocycles. The lowest BCUT2D eigenvalue weighted by atomic mass is 10.0. The van der Waals surface area contributed by atoms with Gasteiger partial charge in [0, 0.05) is 16.6 Å². The Kier molecular flexibility index (Phi) is 6.34. The zero-order valence-corrected chi connectivity index (χ0v) is 15.4. The molecular formula is C20H18Cl2N2O2. The standard InChI is InChI=1S/C20H18Cl2N2O2/c21-16-9-8-15(17(22)11-16)12-23-19(25)13-24-20(18-7-4-10-26-18)14-5-2-1-3-6-14/h1-11,20,24H,12-13H2,(H,23,25)/t20-/m1/s1. The van der Waals surface area contributed by atoms with Crippen molar-refractivity contribution in [3.05, 3.63) is 93.9 Å². The second kappa shape index (κ2) is 8.90. The van der Waals surface area contributed by atoms with E-state index >= 15 is 0 Å². The molecule has 0 radical (unpaired) electrons. The summed E-state index contributed by atoms with van der Waals surface area (Å²) in [5.41, 5.74) is 1.84. The van der Waals surface area contributed by atoms with Crippen molar-refractivity contribution in [2.45, 2.75) is 12.6 Å². The second-order valence-corrected chi connectivity index (χ2v) is 6.60. The van der Waals surface area contributed by atoms with Crippen LogP contribution in [-0.2, 0) is 11.3 Å². The van der Waals surface area contributed by atoms with Crippen molar-refractivity contribution in [1.29, 1.82) is 0 Å². The summed E-state index contributed by atoms with van der Waals surface area (Å²) < 4.78 is 5.51. The van der Waals surface area contributed by atoms with Gasteiger partial charge in [-0.3, -0.25) is 10.1 Å². The average Bonchev–Trinajstić information content (AvgIpc) is 3.16. The second-order valence-electron chi connectivity index (χ2n) is 5.75. The topological polar surface area (TPSA) is 54.3 Å². The maximum atomic E-state index is 12.2. The van der Waals surface area contributed by atoms with E-state index < -0.39 is 0 Å². The summed E-state index contributed by atoms with van der Waals surface area (Å²) in [5, 5.41) is 7.19. The Labute approximate surface area is 162 Å². The molecule has 0 fully saturated rings. The van der Waals surface area contributed by atoms with E-state index in [0.29, 0.717) is 16.6 Å². The van der Waals surface area contributed by atoms with Crippen LogP contribution in [0.3, 0.4) is 0 Å². The maximum absolute atomic E-state index is 12.2. The lowest BCUT2D eigenvalue weighted by molar-refractivity contribution is -0.120. The van der Waals surface area contributed by atoms with Gasteiger partial charge in [0.05, 0.1) is 18.8 Å². The van der Waals surface area contributed by atoms with E-state index in [1.54, 1.807) is 24.5 Å². The van der Waals surface area contributed by atoms with Crippen LogP contribution in [0.1, 0.15) is 22.9 Å². The van der Waals surface area contributed by atoms with Crippen molar-refractivity contribution in [3.63, 3.8) is 0 Å². The summed E-state index contributed by atoms with van der Waals surface area (Å²) in [6, 6.07) is 18.6. The van der Waals surface area contributed by atoms with Gasteiger partial charge in [-0.1, -0.05) is 59.6 Å². The Balaban J connectivity index is 1.59. The summed E-state index contributed by atoms with van der Waals surface area (Å²) in [5.74, 6) is 0.619. The van der Waals surface area contributed by atoms with Crippen LogP contribution in [0.4, 0.5) is 0 Å². The molecule has 0 aliphatic rings. The molecule has 0 spiro atoms. The number of carbonyl (C=O) groups is 1. The van der Waals surface area contributed by atoms with E-state index in [9.17, 15) is 4.79 Å². The van der Waals surface area contributed by atoms with Gasteiger partial charge in [-0.15, -0.1) is 0 Å². The molecule has 4 nitrogen and oxygen atoms in total. The quantitative estimate of drug-likeness (QED) is 0.622. The summed E-state index contributed by atoms with van der Waals surface area (Å²) in [6.45, 7) is 0.485. The van der Waals surface area contributed by atoms with Crippen LogP contribution in [-0.4, -0.2) is 12.5 Å². The molecule has 0 saturated heterocycles. The van der Waals surface area contributed by atoms with Crippen molar-refractivity contribution in [2.24, 2.45) is 0 Å². The van der Waals surface area contributed by atoms with Crippen LogP contribution in [0, 0.1) is 0 Å². The van der Waals surface area contributed by atoms with E-state index in [4.69, 9.17) is 27.6 Å². The molecule has 2 N–H and O–H groups in total. The van der Waals surface area contributed by atoms with E-state index in [2.05, 4.69) is 10.6 Å². The number of hydrogen-bond acceptors (Lipinski definition) is 3. The van der Waals surface area contributed by atoms with Gasteiger partial charge in [0.1, 0.15) is 5.76 Å². The van der Waals surface area contributed by atoms with Crippen LogP contribution in [0.15, 0.2) is 71.3 Å². The molecule has 1 heterocycles. The van der Waals surface area contributed by atoms with Gasteiger partial charge in [0.15, 0.2) is 0 Å². The fourth-order valence-electron chi connectivity index (χ4n) is 2.60. The SMILES string of the molecule is O=C(CN[C@H](c1ccccc1)c1ccco1)NCc1ccc(Cl)cc1Cl. The Morgan fingerprint density at radius 3 is 2.54 bits per heavy atom. The third kappa shape index (κ3) is 4.88. The van der Waals surface area contributed by atoms with E-state index in [0.717, 1.165) is 16.9 Å². The zero-order valence-electron chi connectivity index (χ0n) is 13.9.